The maximum absolute atomic E-state index is 11.5. The Bertz CT molecular complexity index is 559. The summed E-state index contributed by atoms with van der Waals surface area (Å²) in [6.07, 6.45) is 5.42. The van der Waals surface area contributed by atoms with Crippen LogP contribution in [0.15, 0.2) is 17.2 Å². The van der Waals surface area contributed by atoms with E-state index in [-0.39, 0.29) is 11.1 Å². The van der Waals surface area contributed by atoms with Gasteiger partial charge in [0.25, 0.3) is 11.1 Å². The van der Waals surface area contributed by atoms with Crippen LogP contribution in [-0.2, 0) is 4.79 Å². The summed E-state index contributed by atoms with van der Waals surface area (Å²) in [6, 6.07) is 1.71. The fourth-order valence-electron chi connectivity index (χ4n) is 1.68. The van der Waals surface area contributed by atoms with E-state index in [9.17, 15) is 9.59 Å². The Labute approximate surface area is 121 Å². The Morgan fingerprint density at radius 1 is 1.45 bits per heavy atom. The lowest BCUT2D eigenvalue weighted by Crippen LogP contribution is -2.21. The molecule has 0 radical (unpaired) electrons. The summed E-state index contributed by atoms with van der Waals surface area (Å²) in [7, 11) is 1.93. The fourth-order valence-corrected chi connectivity index (χ4v) is 2.34. The number of rotatable bonds is 5. The van der Waals surface area contributed by atoms with E-state index in [1.165, 1.54) is 0 Å². The Balaban J connectivity index is 2.16. The van der Waals surface area contributed by atoms with Crippen molar-refractivity contribution in [3.05, 3.63) is 22.9 Å². The van der Waals surface area contributed by atoms with Crippen molar-refractivity contribution in [2.24, 2.45) is 0 Å². The normalized spacial score (nSPS) is 16.6. The predicted molar refractivity (Wildman–Crippen MR) is 79.3 cm³/mol. The van der Waals surface area contributed by atoms with Crippen molar-refractivity contribution >= 4 is 34.9 Å². The molecule has 2 amide bonds. The number of hydrogen-bond acceptors (Lipinski definition) is 6. The van der Waals surface area contributed by atoms with Gasteiger partial charge in [0.2, 0.25) is 5.95 Å². The van der Waals surface area contributed by atoms with Gasteiger partial charge < -0.3 is 4.90 Å². The standard InChI is InChI=1S/C13H16N4O2S/c1-3-4-7-17(2)12-14-6-5-9(15-12)8-10-11(18)16-13(19)20-10/h5-6,8H,3-4,7H2,1-2H3,(H,16,18,19). The molecule has 106 valence electrons. The van der Waals surface area contributed by atoms with Crippen molar-refractivity contribution in [2.45, 2.75) is 19.8 Å². The minimum Gasteiger partial charge on any atom is -0.344 e. The highest BCUT2D eigenvalue weighted by atomic mass is 32.2. The molecule has 6 nitrogen and oxygen atoms in total. The first-order valence-electron chi connectivity index (χ1n) is 6.39. The van der Waals surface area contributed by atoms with Gasteiger partial charge in [0.05, 0.1) is 10.6 Å². The zero-order chi connectivity index (χ0) is 14.5. The lowest BCUT2D eigenvalue weighted by atomic mass is 10.3. The van der Waals surface area contributed by atoms with E-state index in [2.05, 4.69) is 22.2 Å². The van der Waals surface area contributed by atoms with E-state index < -0.39 is 0 Å². The molecule has 1 aromatic rings. The zero-order valence-electron chi connectivity index (χ0n) is 11.4. The summed E-state index contributed by atoms with van der Waals surface area (Å²) in [6.45, 7) is 3.01. The Morgan fingerprint density at radius 2 is 2.25 bits per heavy atom. The van der Waals surface area contributed by atoms with Gasteiger partial charge in [0.1, 0.15) is 0 Å². The number of nitrogens with one attached hydrogen (secondary N) is 1. The van der Waals surface area contributed by atoms with Crippen molar-refractivity contribution in [1.29, 1.82) is 0 Å². The molecular weight excluding hydrogens is 276 g/mol. The molecule has 1 aromatic heterocycles. The van der Waals surface area contributed by atoms with Gasteiger partial charge in [-0.3, -0.25) is 14.9 Å². The van der Waals surface area contributed by atoms with E-state index in [4.69, 9.17) is 0 Å². The van der Waals surface area contributed by atoms with E-state index in [1.807, 2.05) is 11.9 Å². The van der Waals surface area contributed by atoms with Crippen LogP contribution in [0, 0.1) is 0 Å². The highest BCUT2D eigenvalue weighted by Crippen LogP contribution is 2.25. The largest absolute Gasteiger partial charge is 0.344 e. The van der Waals surface area contributed by atoms with Gasteiger partial charge in [0, 0.05) is 19.8 Å². The van der Waals surface area contributed by atoms with Crippen LogP contribution in [0.1, 0.15) is 25.5 Å². The number of hydrogen-bond donors (Lipinski definition) is 1. The molecule has 7 heteroatoms. The van der Waals surface area contributed by atoms with Crippen LogP contribution in [-0.4, -0.2) is 34.7 Å². The van der Waals surface area contributed by atoms with Gasteiger partial charge in [-0.1, -0.05) is 13.3 Å². The first-order valence-corrected chi connectivity index (χ1v) is 7.21. The third-order valence-electron chi connectivity index (χ3n) is 2.77. The summed E-state index contributed by atoms with van der Waals surface area (Å²) in [5.74, 6) is 0.238. The molecule has 1 aliphatic rings. The van der Waals surface area contributed by atoms with Gasteiger partial charge in [-0.15, -0.1) is 0 Å². The topological polar surface area (TPSA) is 75.2 Å². The molecule has 0 atom stereocenters. The summed E-state index contributed by atoms with van der Waals surface area (Å²) >= 11 is 0.884. The smallest absolute Gasteiger partial charge is 0.290 e. The Morgan fingerprint density at radius 3 is 2.90 bits per heavy atom. The molecule has 0 aromatic carbocycles. The summed E-state index contributed by atoms with van der Waals surface area (Å²) < 4.78 is 0. The number of imide groups is 1. The average Bonchev–Trinajstić information content (AvgIpc) is 2.74. The lowest BCUT2D eigenvalue weighted by Gasteiger charge is -2.16. The molecule has 1 saturated heterocycles. The number of nitrogens with zero attached hydrogens (tertiary/aromatic N) is 3. The molecule has 0 bridgehead atoms. The summed E-state index contributed by atoms with van der Waals surface area (Å²) in [5.41, 5.74) is 0.616. The molecule has 20 heavy (non-hydrogen) atoms. The van der Waals surface area contributed by atoms with Crippen LogP contribution >= 0.6 is 11.8 Å². The summed E-state index contributed by atoms with van der Waals surface area (Å²) in [4.78, 5) is 33.5. The number of carbonyl (C=O) groups excluding carboxylic acids is 2. The zero-order valence-corrected chi connectivity index (χ0v) is 12.2. The van der Waals surface area contributed by atoms with Gasteiger partial charge in [-0.25, -0.2) is 9.97 Å². The number of carbonyl (C=O) groups is 2. The van der Waals surface area contributed by atoms with E-state index >= 15 is 0 Å². The highest BCUT2D eigenvalue weighted by molar-refractivity contribution is 8.18. The second kappa shape index (κ2) is 6.51. The second-order valence-corrected chi connectivity index (χ2v) is 5.42. The molecule has 0 aliphatic carbocycles. The molecule has 1 aliphatic heterocycles. The van der Waals surface area contributed by atoms with Crippen molar-refractivity contribution in [3.63, 3.8) is 0 Å². The van der Waals surface area contributed by atoms with Gasteiger partial charge in [0.15, 0.2) is 0 Å². The molecule has 1 fully saturated rings. The van der Waals surface area contributed by atoms with Crippen molar-refractivity contribution in [2.75, 3.05) is 18.5 Å². The van der Waals surface area contributed by atoms with Crippen LogP contribution < -0.4 is 10.2 Å². The van der Waals surface area contributed by atoms with Crippen LogP contribution in [0.5, 0.6) is 0 Å². The molecule has 2 rings (SSSR count). The van der Waals surface area contributed by atoms with E-state index in [0.29, 0.717) is 16.5 Å². The number of aromatic nitrogens is 2. The first kappa shape index (κ1) is 14.5. The van der Waals surface area contributed by atoms with E-state index in [1.54, 1.807) is 18.3 Å². The minimum atomic E-state index is -0.375. The third kappa shape index (κ3) is 3.57. The minimum absolute atomic E-state index is 0.351. The SMILES string of the molecule is CCCCN(C)c1nccc(C=C2SC(=O)NC2=O)n1. The van der Waals surface area contributed by atoms with E-state index in [0.717, 1.165) is 31.1 Å². The average molecular weight is 292 g/mol. The number of thioether (sulfide) groups is 1. The number of anilines is 1. The lowest BCUT2D eigenvalue weighted by molar-refractivity contribution is -0.115. The van der Waals surface area contributed by atoms with Gasteiger partial charge >= 0.3 is 0 Å². The Kier molecular flexibility index (Phi) is 4.73. The highest BCUT2D eigenvalue weighted by Gasteiger charge is 2.25. The van der Waals surface area contributed by atoms with Crippen LogP contribution in [0.2, 0.25) is 0 Å². The molecule has 0 spiro atoms. The van der Waals surface area contributed by atoms with Crippen LogP contribution in [0.3, 0.4) is 0 Å². The molecular formula is C13H16N4O2S. The van der Waals surface area contributed by atoms with Crippen molar-refractivity contribution < 1.29 is 9.59 Å². The Hall–Kier alpha value is -1.89. The maximum atomic E-state index is 11.5. The molecule has 1 N–H and O–H groups in total. The van der Waals surface area contributed by atoms with Crippen LogP contribution in [0.25, 0.3) is 6.08 Å². The predicted octanol–water partition coefficient (Wildman–Crippen LogP) is 2.04. The quantitative estimate of drug-likeness (QED) is 0.837. The molecule has 0 unspecified atom stereocenters. The molecule has 0 saturated carbocycles. The maximum Gasteiger partial charge on any atom is 0.290 e. The van der Waals surface area contributed by atoms with Gasteiger partial charge in [-0.2, -0.15) is 0 Å². The number of amides is 2. The fraction of sp³-hybridized carbons (Fsp3) is 0.385. The van der Waals surface area contributed by atoms with Crippen LogP contribution in [0.4, 0.5) is 10.7 Å². The number of unbranched alkanes of at least 4 members (excludes halogenated alkanes) is 1. The molecule has 2 heterocycles. The van der Waals surface area contributed by atoms with Crippen molar-refractivity contribution in [3.8, 4) is 0 Å². The van der Waals surface area contributed by atoms with Gasteiger partial charge in [-0.05, 0) is 30.3 Å². The first-order chi connectivity index (χ1) is 9.60. The summed E-state index contributed by atoms with van der Waals surface area (Å²) in [5, 5.41) is 1.86. The van der Waals surface area contributed by atoms with Crippen molar-refractivity contribution in [1.82, 2.24) is 15.3 Å². The monoisotopic (exact) mass is 292 g/mol. The second-order valence-electron chi connectivity index (χ2n) is 4.41. The third-order valence-corrected chi connectivity index (χ3v) is 3.58.